The van der Waals surface area contributed by atoms with Crippen LogP contribution in [0.15, 0.2) is 48.2 Å². The number of amides is 3. The number of benzene rings is 1. The van der Waals surface area contributed by atoms with Gasteiger partial charge in [0.2, 0.25) is 11.8 Å². The van der Waals surface area contributed by atoms with Crippen molar-refractivity contribution in [3.63, 3.8) is 0 Å². The van der Waals surface area contributed by atoms with Crippen LogP contribution in [0.3, 0.4) is 0 Å². The summed E-state index contributed by atoms with van der Waals surface area (Å²) < 4.78 is 1.81. The first-order valence-electron chi connectivity index (χ1n) is 10.2. The molecule has 0 saturated carbocycles. The fourth-order valence-electron chi connectivity index (χ4n) is 3.48. The molecule has 0 bridgehead atoms. The number of nitrogens with one attached hydrogen (secondary N) is 3. The van der Waals surface area contributed by atoms with Crippen LogP contribution in [0.4, 0.5) is 0 Å². The van der Waals surface area contributed by atoms with Gasteiger partial charge in [-0.15, -0.1) is 0 Å². The normalized spacial score (nSPS) is 13.6. The number of nitrogens with zero attached hydrogens (tertiary/aromatic N) is 1. The molecule has 3 N–H and O–H groups in total. The van der Waals surface area contributed by atoms with Crippen LogP contribution in [0.2, 0.25) is 0 Å². The number of aromatic nitrogens is 1. The highest BCUT2D eigenvalue weighted by Crippen LogP contribution is 2.19. The third-order valence-electron chi connectivity index (χ3n) is 5.07. The van der Waals surface area contributed by atoms with Gasteiger partial charge in [-0.05, 0) is 49.6 Å². The molecule has 1 heterocycles. The largest absolute Gasteiger partial charge is 0.356 e. The van der Waals surface area contributed by atoms with Gasteiger partial charge < -0.3 is 9.88 Å². The standard InChI is InChI=1S/C22H28N4O3/c27-20(23-14-12-17-6-2-1-3-7-17)10-11-21(28)24-25-22(29)16-26-15-13-18-8-4-5-9-19(18)26/h4-6,8-9,13,15H,1-3,7,10-12,14,16H2,(H,23,27)(H,24,28)(H,25,29). The topological polar surface area (TPSA) is 92.2 Å². The van der Waals surface area contributed by atoms with Gasteiger partial charge in [0.1, 0.15) is 6.54 Å². The monoisotopic (exact) mass is 396 g/mol. The van der Waals surface area contributed by atoms with Gasteiger partial charge in [-0.2, -0.15) is 0 Å². The first kappa shape index (κ1) is 20.6. The van der Waals surface area contributed by atoms with Crippen molar-refractivity contribution in [3.8, 4) is 0 Å². The Morgan fingerprint density at radius 3 is 2.55 bits per heavy atom. The summed E-state index contributed by atoms with van der Waals surface area (Å²) in [6.45, 7) is 0.706. The van der Waals surface area contributed by atoms with Gasteiger partial charge in [0.15, 0.2) is 0 Å². The van der Waals surface area contributed by atoms with E-state index in [0.29, 0.717) is 6.54 Å². The van der Waals surface area contributed by atoms with Gasteiger partial charge in [0, 0.05) is 31.1 Å². The van der Waals surface area contributed by atoms with E-state index in [0.717, 1.165) is 30.2 Å². The predicted octanol–water partition coefficient (Wildman–Crippen LogP) is 2.58. The molecule has 0 aliphatic heterocycles. The number of carbonyl (C=O) groups excluding carboxylic acids is 3. The van der Waals surface area contributed by atoms with E-state index in [1.165, 1.54) is 18.4 Å². The molecule has 2 aromatic rings. The Morgan fingerprint density at radius 1 is 0.931 bits per heavy atom. The molecule has 1 aliphatic carbocycles. The average molecular weight is 396 g/mol. The van der Waals surface area contributed by atoms with Crippen molar-refractivity contribution in [2.45, 2.75) is 51.5 Å². The van der Waals surface area contributed by atoms with E-state index in [4.69, 9.17) is 0 Å². The van der Waals surface area contributed by atoms with Crippen LogP contribution in [-0.2, 0) is 20.9 Å². The lowest BCUT2D eigenvalue weighted by Gasteiger charge is -2.13. The van der Waals surface area contributed by atoms with Crippen LogP contribution in [0.1, 0.15) is 44.9 Å². The number of para-hydroxylation sites is 1. The highest BCUT2D eigenvalue weighted by molar-refractivity contribution is 5.86. The SMILES string of the molecule is O=C(CCC(=O)NNC(=O)Cn1ccc2ccccc21)NCCC1=CCCCC1. The van der Waals surface area contributed by atoms with Gasteiger partial charge >= 0.3 is 0 Å². The minimum absolute atomic E-state index is 0.0290. The zero-order valence-electron chi connectivity index (χ0n) is 16.6. The highest BCUT2D eigenvalue weighted by Gasteiger charge is 2.10. The molecular weight excluding hydrogens is 368 g/mol. The van der Waals surface area contributed by atoms with Gasteiger partial charge in [0.25, 0.3) is 5.91 Å². The molecule has 0 spiro atoms. The fourth-order valence-corrected chi connectivity index (χ4v) is 3.48. The van der Waals surface area contributed by atoms with Gasteiger partial charge in [-0.25, -0.2) is 0 Å². The Kier molecular flexibility index (Phi) is 7.44. The maximum Gasteiger partial charge on any atom is 0.258 e. The van der Waals surface area contributed by atoms with Crippen molar-refractivity contribution in [2.75, 3.05) is 6.54 Å². The van der Waals surface area contributed by atoms with Crippen LogP contribution in [0.5, 0.6) is 0 Å². The van der Waals surface area contributed by atoms with Crippen molar-refractivity contribution in [1.82, 2.24) is 20.7 Å². The van der Waals surface area contributed by atoms with E-state index in [1.54, 1.807) is 0 Å². The second-order valence-electron chi connectivity index (χ2n) is 7.31. The summed E-state index contributed by atoms with van der Waals surface area (Å²) in [7, 11) is 0. The van der Waals surface area contributed by atoms with Gasteiger partial charge in [-0.3, -0.25) is 25.2 Å². The van der Waals surface area contributed by atoms with E-state index < -0.39 is 0 Å². The van der Waals surface area contributed by atoms with Crippen LogP contribution in [0, 0.1) is 0 Å². The Morgan fingerprint density at radius 2 is 1.72 bits per heavy atom. The van der Waals surface area contributed by atoms with E-state index in [1.807, 2.05) is 41.1 Å². The molecule has 3 amide bonds. The lowest BCUT2D eigenvalue weighted by molar-refractivity contribution is -0.130. The minimum Gasteiger partial charge on any atom is -0.356 e. The average Bonchev–Trinajstić information content (AvgIpc) is 3.14. The summed E-state index contributed by atoms with van der Waals surface area (Å²) >= 11 is 0. The van der Waals surface area contributed by atoms with Gasteiger partial charge in [-0.1, -0.05) is 29.8 Å². The lowest BCUT2D eigenvalue weighted by Crippen LogP contribution is -2.43. The molecule has 1 aromatic carbocycles. The molecule has 0 unspecified atom stereocenters. The first-order valence-corrected chi connectivity index (χ1v) is 10.2. The van der Waals surface area contributed by atoms with Crippen LogP contribution in [0.25, 0.3) is 10.9 Å². The number of hydrogen-bond acceptors (Lipinski definition) is 3. The molecule has 7 heteroatoms. The summed E-state index contributed by atoms with van der Waals surface area (Å²) in [5.74, 6) is -0.868. The van der Waals surface area contributed by atoms with Crippen molar-refractivity contribution in [3.05, 3.63) is 48.2 Å². The molecule has 1 aliphatic rings. The van der Waals surface area contributed by atoms with E-state index in [-0.39, 0.29) is 37.1 Å². The zero-order valence-corrected chi connectivity index (χ0v) is 16.6. The molecule has 1 aromatic heterocycles. The summed E-state index contributed by atoms with van der Waals surface area (Å²) in [6.07, 6.45) is 9.84. The molecule has 154 valence electrons. The number of rotatable bonds is 8. The first-order chi connectivity index (χ1) is 14.1. The molecule has 0 saturated heterocycles. The van der Waals surface area contributed by atoms with Crippen LogP contribution in [-0.4, -0.2) is 28.8 Å². The van der Waals surface area contributed by atoms with Crippen molar-refractivity contribution in [2.24, 2.45) is 0 Å². The Bertz CT molecular complexity index is 900. The smallest absolute Gasteiger partial charge is 0.258 e. The van der Waals surface area contributed by atoms with Crippen molar-refractivity contribution >= 4 is 28.6 Å². The Hall–Kier alpha value is -3.09. The third-order valence-corrected chi connectivity index (χ3v) is 5.07. The Balaban J connectivity index is 1.30. The molecular formula is C22H28N4O3. The number of allylic oxidation sites excluding steroid dienone is 1. The molecule has 0 radical (unpaired) electrons. The Labute approximate surface area is 170 Å². The van der Waals surface area contributed by atoms with E-state index in [2.05, 4.69) is 22.2 Å². The van der Waals surface area contributed by atoms with Gasteiger partial charge in [0.05, 0.1) is 0 Å². The number of carbonyl (C=O) groups is 3. The molecule has 29 heavy (non-hydrogen) atoms. The highest BCUT2D eigenvalue weighted by atomic mass is 16.2. The lowest BCUT2D eigenvalue weighted by atomic mass is 9.97. The number of hydrogen-bond donors (Lipinski definition) is 3. The molecule has 3 rings (SSSR count). The maximum absolute atomic E-state index is 12.1. The molecule has 0 atom stereocenters. The maximum atomic E-state index is 12.1. The molecule has 7 nitrogen and oxygen atoms in total. The minimum atomic E-state index is -0.388. The third kappa shape index (κ3) is 6.48. The molecule has 0 fully saturated rings. The second kappa shape index (κ2) is 10.5. The van der Waals surface area contributed by atoms with E-state index in [9.17, 15) is 14.4 Å². The van der Waals surface area contributed by atoms with Crippen molar-refractivity contribution in [1.29, 1.82) is 0 Å². The van der Waals surface area contributed by atoms with Crippen molar-refractivity contribution < 1.29 is 14.4 Å². The second-order valence-corrected chi connectivity index (χ2v) is 7.31. The summed E-state index contributed by atoms with van der Waals surface area (Å²) in [4.78, 5) is 35.8. The van der Waals surface area contributed by atoms with E-state index >= 15 is 0 Å². The fraction of sp³-hybridized carbons (Fsp3) is 0.409. The number of fused-ring (bicyclic) bond motifs is 1. The van der Waals surface area contributed by atoms with Crippen LogP contribution >= 0.6 is 0 Å². The number of hydrazine groups is 1. The predicted molar refractivity (Wildman–Crippen MR) is 112 cm³/mol. The zero-order chi connectivity index (χ0) is 20.5. The summed E-state index contributed by atoms with van der Waals surface area (Å²) in [6, 6.07) is 9.70. The summed E-state index contributed by atoms with van der Waals surface area (Å²) in [5.41, 5.74) is 7.13. The quantitative estimate of drug-likeness (QED) is 0.473. The summed E-state index contributed by atoms with van der Waals surface area (Å²) in [5, 5.41) is 3.90. The van der Waals surface area contributed by atoms with Crippen LogP contribution < -0.4 is 16.2 Å².